The number of hydrogen-bond acceptors (Lipinski definition) is 4. The lowest BCUT2D eigenvalue weighted by Gasteiger charge is -2.42. The van der Waals surface area contributed by atoms with Crippen molar-refractivity contribution in [2.45, 2.75) is 66.6 Å². The van der Waals surface area contributed by atoms with Gasteiger partial charge in [0.2, 0.25) is 5.91 Å². The number of nitrogens with two attached hydrogens (primary N) is 1. The highest BCUT2D eigenvalue weighted by Crippen LogP contribution is 2.29. The molecule has 1 aliphatic heterocycles. The molecule has 1 aromatic rings. The number of piperidine rings is 1. The number of rotatable bonds is 4. The summed E-state index contributed by atoms with van der Waals surface area (Å²) in [5, 5.41) is 2.78. The van der Waals surface area contributed by atoms with E-state index in [1.54, 1.807) is 13.8 Å². The van der Waals surface area contributed by atoms with E-state index in [1.165, 1.54) is 10.6 Å². The first-order valence-electron chi connectivity index (χ1n) is 9.49. The molecule has 0 aromatic carbocycles. The predicted octanol–water partition coefficient (Wildman–Crippen LogP) is 1.19. The van der Waals surface area contributed by atoms with Gasteiger partial charge in [-0.2, -0.15) is 0 Å². The zero-order valence-corrected chi connectivity index (χ0v) is 17.3. The average Bonchev–Trinajstić information content (AvgIpc) is 2.53. The Morgan fingerprint density at radius 3 is 2.52 bits per heavy atom. The van der Waals surface area contributed by atoms with E-state index >= 15 is 0 Å². The maximum atomic E-state index is 13.2. The van der Waals surface area contributed by atoms with Crippen molar-refractivity contribution in [1.82, 2.24) is 14.8 Å². The molecule has 2 amide bonds. The highest BCUT2D eigenvalue weighted by atomic mass is 16.2. The van der Waals surface area contributed by atoms with Gasteiger partial charge in [0, 0.05) is 36.9 Å². The van der Waals surface area contributed by atoms with Crippen molar-refractivity contribution in [3.05, 3.63) is 33.2 Å². The molecule has 1 aliphatic rings. The van der Waals surface area contributed by atoms with Crippen LogP contribution in [-0.2, 0) is 11.3 Å². The Labute approximate surface area is 160 Å². The molecule has 0 bridgehead atoms. The van der Waals surface area contributed by atoms with E-state index in [9.17, 15) is 14.4 Å². The number of hydrogen-bond donors (Lipinski definition) is 2. The van der Waals surface area contributed by atoms with Crippen LogP contribution in [0.1, 0.15) is 55.7 Å². The second kappa shape index (κ2) is 7.84. The minimum Gasteiger partial charge on any atom is -0.352 e. The fraction of sp³-hybridized carbons (Fsp3) is 0.650. The molecule has 0 saturated carbocycles. The third-order valence-electron chi connectivity index (χ3n) is 5.33. The van der Waals surface area contributed by atoms with Crippen LogP contribution in [0.15, 0.2) is 10.9 Å². The zero-order valence-electron chi connectivity index (χ0n) is 17.3. The highest BCUT2D eigenvalue weighted by molar-refractivity contribution is 5.97. The monoisotopic (exact) mass is 376 g/mol. The molecule has 7 heteroatoms. The maximum Gasteiger partial charge on any atom is 0.255 e. The summed E-state index contributed by atoms with van der Waals surface area (Å²) in [7, 11) is 0. The van der Waals surface area contributed by atoms with Crippen LogP contribution in [0.25, 0.3) is 0 Å². The van der Waals surface area contributed by atoms with E-state index in [1.807, 2.05) is 18.7 Å². The minimum absolute atomic E-state index is 0.0140. The molecule has 3 N–H and O–H groups in total. The summed E-state index contributed by atoms with van der Waals surface area (Å²) in [6, 6.07) is 1.47. The maximum absolute atomic E-state index is 13.2. The van der Waals surface area contributed by atoms with Gasteiger partial charge in [-0.05, 0) is 45.1 Å². The Bertz CT molecular complexity index is 795. The van der Waals surface area contributed by atoms with Crippen molar-refractivity contribution in [2.75, 3.05) is 13.1 Å². The largest absolute Gasteiger partial charge is 0.352 e. The van der Waals surface area contributed by atoms with Gasteiger partial charge in [-0.3, -0.25) is 14.4 Å². The highest BCUT2D eigenvalue weighted by Gasteiger charge is 2.36. The molecule has 1 atom stereocenters. The van der Waals surface area contributed by atoms with Crippen LogP contribution in [0.4, 0.5) is 0 Å². The summed E-state index contributed by atoms with van der Waals surface area (Å²) in [5.74, 6) is -0.356. The summed E-state index contributed by atoms with van der Waals surface area (Å²) in [4.78, 5) is 39.6. The number of carbonyl (C=O) groups is 2. The van der Waals surface area contributed by atoms with Crippen molar-refractivity contribution in [3.63, 3.8) is 0 Å². The molecule has 2 rings (SSSR count). The quantitative estimate of drug-likeness (QED) is 0.825. The van der Waals surface area contributed by atoms with Crippen molar-refractivity contribution >= 4 is 11.8 Å². The van der Waals surface area contributed by atoms with Gasteiger partial charge in [-0.15, -0.1) is 0 Å². The Morgan fingerprint density at radius 1 is 1.33 bits per heavy atom. The van der Waals surface area contributed by atoms with Gasteiger partial charge in [-0.25, -0.2) is 0 Å². The van der Waals surface area contributed by atoms with Crippen LogP contribution in [0.3, 0.4) is 0 Å². The van der Waals surface area contributed by atoms with Crippen LogP contribution in [0, 0.1) is 19.3 Å². The van der Waals surface area contributed by atoms with Gasteiger partial charge in [0.15, 0.2) is 0 Å². The fourth-order valence-corrected chi connectivity index (χ4v) is 3.66. The average molecular weight is 377 g/mol. The fourth-order valence-electron chi connectivity index (χ4n) is 3.66. The molecule has 0 spiro atoms. The first-order chi connectivity index (χ1) is 12.4. The van der Waals surface area contributed by atoms with Crippen molar-refractivity contribution in [2.24, 2.45) is 11.1 Å². The molecule has 1 aromatic heterocycles. The van der Waals surface area contributed by atoms with E-state index in [2.05, 4.69) is 19.2 Å². The van der Waals surface area contributed by atoms with E-state index < -0.39 is 0 Å². The van der Waals surface area contributed by atoms with Crippen LogP contribution in [-0.4, -0.2) is 46.5 Å². The van der Waals surface area contributed by atoms with Gasteiger partial charge in [0.25, 0.3) is 11.5 Å². The Balaban J connectivity index is 2.37. The lowest BCUT2D eigenvalue weighted by atomic mass is 9.79. The van der Waals surface area contributed by atoms with E-state index in [4.69, 9.17) is 5.73 Å². The predicted molar refractivity (Wildman–Crippen MR) is 106 cm³/mol. The first kappa shape index (κ1) is 21.2. The number of likely N-dealkylation sites (tertiary alicyclic amines) is 1. The Kier molecular flexibility index (Phi) is 6.14. The molecule has 1 unspecified atom stereocenters. The summed E-state index contributed by atoms with van der Waals surface area (Å²) in [5.41, 5.74) is 7.40. The molecular weight excluding hydrogens is 344 g/mol. The Morgan fingerprint density at radius 2 is 1.96 bits per heavy atom. The van der Waals surface area contributed by atoms with Crippen molar-refractivity contribution in [3.8, 4) is 0 Å². The van der Waals surface area contributed by atoms with Crippen LogP contribution >= 0.6 is 0 Å². The number of pyridine rings is 1. The van der Waals surface area contributed by atoms with E-state index in [0.717, 1.165) is 6.42 Å². The summed E-state index contributed by atoms with van der Waals surface area (Å²) >= 11 is 0. The molecule has 27 heavy (non-hydrogen) atoms. The molecule has 2 heterocycles. The molecular formula is C20H32N4O3. The topological polar surface area (TPSA) is 97.4 Å². The molecule has 0 aliphatic carbocycles. The van der Waals surface area contributed by atoms with E-state index in [0.29, 0.717) is 29.9 Å². The van der Waals surface area contributed by atoms with Gasteiger partial charge >= 0.3 is 0 Å². The van der Waals surface area contributed by atoms with Gasteiger partial charge < -0.3 is 20.5 Å². The normalized spacial score (nSPS) is 19.3. The van der Waals surface area contributed by atoms with Crippen molar-refractivity contribution < 1.29 is 9.59 Å². The van der Waals surface area contributed by atoms with Crippen LogP contribution < -0.4 is 16.6 Å². The number of aryl methyl sites for hydroxylation is 1. The van der Waals surface area contributed by atoms with Gasteiger partial charge in [0.1, 0.15) is 6.54 Å². The van der Waals surface area contributed by atoms with E-state index in [-0.39, 0.29) is 41.4 Å². The van der Waals surface area contributed by atoms with Gasteiger partial charge in [0.05, 0.1) is 5.56 Å². The molecule has 7 nitrogen and oxygen atoms in total. The lowest BCUT2D eigenvalue weighted by molar-refractivity contribution is -0.122. The smallest absolute Gasteiger partial charge is 0.255 e. The number of nitrogens with one attached hydrogen (secondary N) is 1. The van der Waals surface area contributed by atoms with Gasteiger partial charge in [-0.1, -0.05) is 13.8 Å². The van der Waals surface area contributed by atoms with Crippen molar-refractivity contribution in [1.29, 1.82) is 0 Å². The summed E-state index contributed by atoms with van der Waals surface area (Å²) in [6.45, 7) is 12.4. The lowest BCUT2D eigenvalue weighted by Crippen LogP contribution is -2.54. The minimum atomic E-state index is -0.276. The molecule has 150 valence electrons. The first-order valence-corrected chi connectivity index (χ1v) is 9.49. The summed E-state index contributed by atoms with van der Waals surface area (Å²) < 4.78 is 1.37. The standard InChI is InChI=1S/C20H32N4O3/c1-12(2)22-16(25)10-24-14(4)18(13(3)9-17(24)26)19(27)23-8-7-15(21)20(5,6)11-23/h9,12,15H,7-8,10-11,21H2,1-6H3,(H,22,25). The second-order valence-electron chi connectivity index (χ2n) is 8.54. The van der Waals surface area contributed by atoms with Crippen LogP contribution in [0.2, 0.25) is 0 Å². The number of nitrogens with zero attached hydrogens (tertiary/aromatic N) is 2. The number of carbonyl (C=O) groups excluding carboxylic acids is 2. The third kappa shape index (κ3) is 4.58. The third-order valence-corrected chi connectivity index (χ3v) is 5.33. The Hall–Kier alpha value is -2.15. The molecule has 0 radical (unpaired) electrons. The second-order valence-corrected chi connectivity index (χ2v) is 8.54. The summed E-state index contributed by atoms with van der Waals surface area (Å²) in [6.07, 6.45) is 0.743. The number of aromatic nitrogens is 1. The molecule has 1 fully saturated rings. The number of amides is 2. The SMILES string of the molecule is Cc1cc(=O)n(CC(=O)NC(C)C)c(C)c1C(=O)N1CCC(N)C(C)(C)C1. The van der Waals surface area contributed by atoms with Crippen LogP contribution in [0.5, 0.6) is 0 Å². The molecule has 1 saturated heterocycles. The zero-order chi connectivity index (χ0) is 20.5.